The van der Waals surface area contributed by atoms with Crippen molar-refractivity contribution < 1.29 is 17.9 Å². The van der Waals surface area contributed by atoms with E-state index < -0.39 is 6.36 Å². The molecule has 0 saturated carbocycles. The Morgan fingerprint density at radius 2 is 1.90 bits per heavy atom. The van der Waals surface area contributed by atoms with Gasteiger partial charge in [0.05, 0.1) is 0 Å². The van der Waals surface area contributed by atoms with Gasteiger partial charge < -0.3 is 9.64 Å². The molecular weight excluding hydrogens is 381 g/mol. The van der Waals surface area contributed by atoms with Crippen LogP contribution in [0.25, 0.3) is 5.57 Å². The summed E-state index contributed by atoms with van der Waals surface area (Å²) in [6.07, 6.45) is 2.85. The van der Waals surface area contributed by atoms with Crippen LogP contribution in [0.5, 0.6) is 5.75 Å². The van der Waals surface area contributed by atoms with E-state index in [9.17, 15) is 13.2 Å². The molecule has 0 fully saturated rings. The molecule has 3 heterocycles. The Kier molecular flexibility index (Phi) is 5.00. The third-order valence-electron chi connectivity index (χ3n) is 4.66. The van der Waals surface area contributed by atoms with Gasteiger partial charge in [-0.3, -0.25) is 9.99 Å². The molecule has 1 aromatic heterocycles. The Bertz CT molecular complexity index is 952. The number of allylic oxidation sites excluding steroid dienone is 2. The lowest BCUT2D eigenvalue weighted by molar-refractivity contribution is -0.274. The summed E-state index contributed by atoms with van der Waals surface area (Å²) in [5.41, 5.74) is 2.71. The zero-order valence-corrected chi connectivity index (χ0v) is 15.7. The second-order valence-electron chi connectivity index (χ2n) is 6.90. The lowest BCUT2D eigenvalue weighted by Crippen LogP contribution is -2.29. The Labute approximate surface area is 166 Å². The molecule has 150 valence electrons. The van der Waals surface area contributed by atoms with E-state index in [0.717, 1.165) is 29.2 Å². The lowest BCUT2D eigenvalue weighted by Gasteiger charge is -2.22. The summed E-state index contributed by atoms with van der Waals surface area (Å²) in [4.78, 5) is 6.41. The maximum Gasteiger partial charge on any atom is 0.573 e. The maximum atomic E-state index is 12.3. The third-order valence-corrected chi connectivity index (χ3v) is 4.66. The molecule has 0 N–H and O–H groups in total. The summed E-state index contributed by atoms with van der Waals surface area (Å²) < 4.78 is 40.8. The second-order valence-corrected chi connectivity index (χ2v) is 6.90. The fraction of sp³-hybridized carbons (Fsp3) is 0.238. The number of amidine groups is 1. The molecule has 0 radical (unpaired) electrons. The van der Waals surface area contributed by atoms with Gasteiger partial charge in [0.2, 0.25) is 0 Å². The monoisotopic (exact) mass is 400 g/mol. The Morgan fingerprint density at radius 1 is 1.10 bits per heavy atom. The van der Waals surface area contributed by atoms with E-state index in [2.05, 4.69) is 21.7 Å². The predicted molar refractivity (Wildman–Crippen MR) is 104 cm³/mol. The average Bonchev–Trinajstić information content (AvgIpc) is 3.09. The molecule has 0 spiro atoms. The van der Waals surface area contributed by atoms with Gasteiger partial charge in [0.25, 0.3) is 0 Å². The molecule has 1 atom stereocenters. The van der Waals surface area contributed by atoms with Crippen LogP contribution in [0.2, 0.25) is 0 Å². The Balaban J connectivity index is 1.42. The third kappa shape index (κ3) is 4.59. The van der Waals surface area contributed by atoms with Crippen molar-refractivity contribution in [2.45, 2.75) is 19.2 Å². The van der Waals surface area contributed by atoms with E-state index >= 15 is 0 Å². The van der Waals surface area contributed by atoms with Crippen molar-refractivity contribution >= 4 is 11.4 Å². The number of fused-ring (bicyclic) bond motifs is 1. The summed E-state index contributed by atoms with van der Waals surface area (Å²) in [5.74, 6) is 0.828. The van der Waals surface area contributed by atoms with Gasteiger partial charge in [-0.05, 0) is 47.6 Å². The summed E-state index contributed by atoms with van der Waals surface area (Å²) in [5, 5.41) is 6.61. The maximum absolute atomic E-state index is 12.3. The number of nitrogens with zero attached hydrogens (tertiary/aromatic N) is 4. The molecule has 1 unspecified atom stereocenters. The first kappa shape index (κ1) is 19.0. The van der Waals surface area contributed by atoms with Crippen molar-refractivity contribution in [1.82, 2.24) is 14.9 Å². The summed E-state index contributed by atoms with van der Waals surface area (Å²) >= 11 is 0. The molecule has 2 aromatic rings. The van der Waals surface area contributed by atoms with Crippen LogP contribution in [0.1, 0.15) is 24.1 Å². The number of halogens is 3. The normalized spacial score (nSPS) is 17.0. The van der Waals surface area contributed by atoms with Crippen LogP contribution < -0.4 is 4.74 Å². The van der Waals surface area contributed by atoms with Crippen LogP contribution >= 0.6 is 0 Å². The van der Waals surface area contributed by atoms with Crippen LogP contribution in [-0.2, 0) is 0 Å². The predicted octanol–water partition coefficient (Wildman–Crippen LogP) is 4.58. The quantitative estimate of drug-likeness (QED) is 0.737. The van der Waals surface area contributed by atoms with Gasteiger partial charge in [-0.25, -0.2) is 0 Å². The van der Waals surface area contributed by atoms with Gasteiger partial charge in [-0.2, -0.15) is 5.10 Å². The molecule has 0 amide bonds. The van der Waals surface area contributed by atoms with E-state index in [-0.39, 0.29) is 11.7 Å². The number of aromatic nitrogens is 1. The first-order chi connectivity index (χ1) is 13.9. The topological polar surface area (TPSA) is 41.0 Å². The molecule has 0 bridgehead atoms. The van der Waals surface area contributed by atoms with Crippen molar-refractivity contribution in [2.75, 3.05) is 13.2 Å². The number of benzene rings is 1. The molecule has 5 nitrogen and oxygen atoms in total. The second kappa shape index (κ2) is 7.62. The van der Waals surface area contributed by atoms with Gasteiger partial charge in [-0.1, -0.05) is 25.1 Å². The minimum Gasteiger partial charge on any atom is -0.406 e. The van der Waals surface area contributed by atoms with Crippen LogP contribution in [0, 0.1) is 0 Å². The minimum absolute atomic E-state index is 0.232. The lowest BCUT2D eigenvalue weighted by atomic mass is 10.0. The van der Waals surface area contributed by atoms with Crippen molar-refractivity contribution in [3.63, 3.8) is 0 Å². The van der Waals surface area contributed by atoms with Gasteiger partial charge in [0, 0.05) is 30.6 Å². The van der Waals surface area contributed by atoms with Crippen molar-refractivity contribution in [2.24, 2.45) is 5.10 Å². The molecule has 8 heteroatoms. The van der Waals surface area contributed by atoms with Gasteiger partial charge >= 0.3 is 6.36 Å². The molecule has 0 aliphatic carbocycles. The Hall–Kier alpha value is -3.29. The standard InChI is InChI=1S/C21H19F3N4O/c1-15(19-4-2-3-11-25-19)12-28-14-27-13-17(7-10-20(27)26-28)16-5-8-18(9-6-16)29-21(22,23)24/h2-11,13,15H,12,14H2,1H3. The van der Waals surface area contributed by atoms with E-state index in [1.807, 2.05) is 46.5 Å². The Morgan fingerprint density at radius 3 is 2.59 bits per heavy atom. The molecule has 29 heavy (non-hydrogen) atoms. The number of alkyl halides is 3. The first-order valence-corrected chi connectivity index (χ1v) is 9.14. The highest BCUT2D eigenvalue weighted by molar-refractivity contribution is 6.00. The molecule has 0 saturated heterocycles. The fourth-order valence-corrected chi connectivity index (χ4v) is 3.29. The molecule has 4 rings (SSSR count). The van der Waals surface area contributed by atoms with E-state index in [1.165, 1.54) is 12.1 Å². The van der Waals surface area contributed by atoms with Crippen LogP contribution in [0.3, 0.4) is 0 Å². The van der Waals surface area contributed by atoms with Gasteiger partial charge in [-0.15, -0.1) is 13.2 Å². The zero-order chi connectivity index (χ0) is 20.4. The van der Waals surface area contributed by atoms with Gasteiger partial charge in [0.15, 0.2) is 5.84 Å². The smallest absolute Gasteiger partial charge is 0.406 e. The van der Waals surface area contributed by atoms with Crippen LogP contribution in [-0.4, -0.2) is 40.3 Å². The number of hydrogen-bond acceptors (Lipinski definition) is 5. The number of rotatable bonds is 5. The zero-order valence-electron chi connectivity index (χ0n) is 15.7. The largest absolute Gasteiger partial charge is 0.573 e. The summed E-state index contributed by atoms with van der Waals surface area (Å²) in [6, 6.07) is 11.7. The highest BCUT2D eigenvalue weighted by atomic mass is 19.4. The fourth-order valence-electron chi connectivity index (χ4n) is 3.29. The summed E-state index contributed by atoms with van der Waals surface area (Å²) in [6.45, 7) is 3.45. The van der Waals surface area contributed by atoms with E-state index in [1.54, 1.807) is 18.3 Å². The van der Waals surface area contributed by atoms with Crippen molar-refractivity contribution in [3.8, 4) is 5.75 Å². The SMILES string of the molecule is CC(CN1CN2C=C(c3ccc(OC(F)(F)F)cc3)C=CC2=N1)c1ccccn1. The van der Waals surface area contributed by atoms with Crippen LogP contribution in [0.15, 0.2) is 72.1 Å². The highest BCUT2D eigenvalue weighted by Crippen LogP contribution is 2.28. The van der Waals surface area contributed by atoms with Crippen LogP contribution in [0.4, 0.5) is 13.2 Å². The number of hydrazone groups is 1. The number of hydrogen-bond donors (Lipinski definition) is 0. The van der Waals surface area contributed by atoms with Crippen molar-refractivity contribution in [1.29, 1.82) is 0 Å². The first-order valence-electron chi connectivity index (χ1n) is 9.14. The van der Waals surface area contributed by atoms with Crippen molar-refractivity contribution in [3.05, 3.63) is 78.3 Å². The molecular formula is C21H19F3N4O. The molecule has 1 aromatic carbocycles. The van der Waals surface area contributed by atoms with E-state index in [4.69, 9.17) is 0 Å². The summed E-state index contributed by atoms with van der Waals surface area (Å²) in [7, 11) is 0. The number of ether oxygens (including phenoxy) is 1. The highest BCUT2D eigenvalue weighted by Gasteiger charge is 2.31. The minimum atomic E-state index is -4.69. The number of pyridine rings is 1. The molecule has 2 aliphatic rings. The van der Waals surface area contributed by atoms with Gasteiger partial charge in [0.1, 0.15) is 12.4 Å². The molecule has 2 aliphatic heterocycles. The average molecular weight is 400 g/mol. The van der Waals surface area contributed by atoms with E-state index in [0.29, 0.717) is 6.67 Å².